The van der Waals surface area contributed by atoms with E-state index in [2.05, 4.69) is 44.3 Å². The van der Waals surface area contributed by atoms with Gasteiger partial charge >= 0.3 is 0 Å². The van der Waals surface area contributed by atoms with Crippen molar-refractivity contribution in [2.75, 3.05) is 18.4 Å². The molecule has 0 amide bonds. The average Bonchev–Trinajstić information content (AvgIpc) is 2.57. The van der Waals surface area contributed by atoms with Crippen LogP contribution in [0.25, 0.3) is 0 Å². The van der Waals surface area contributed by atoms with Gasteiger partial charge in [0.2, 0.25) is 0 Å². The second-order valence-electron chi connectivity index (χ2n) is 3.23. The summed E-state index contributed by atoms with van der Waals surface area (Å²) in [5, 5.41) is 6.77. The van der Waals surface area contributed by atoms with Crippen molar-refractivity contribution in [3.63, 3.8) is 0 Å². The normalized spacial score (nSPS) is 21.8. The largest absolute Gasteiger partial charge is 0.380 e. The summed E-state index contributed by atoms with van der Waals surface area (Å²) in [5.41, 5.74) is 1.13. The van der Waals surface area contributed by atoms with Gasteiger partial charge in [0.15, 0.2) is 0 Å². The van der Waals surface area contributed by atoms with Crippen LogP contribution in [0.5, 0.6) is 0 Å². The van der Waals surface area contributed by atoms with Gasteiger partial charge in [-0.1, -0.05) is 0 Å². The Morgan fingerprint density at radius 2 is 2.46 bits per heavy atom. The molecule has 2 rings (SSSR count). The number of hydrogen-bond donors (Lipinski definition) is 2. The number of pyridine rings is 1. The van der Waals surface area contributed by atoms with Gasteiger partial charge in [-0.3, -0.25) is 4.98 Å². The van der Waals surface area contributed by atoms with Crippen molar-refractivity contribution >= 4 is 28.3 Å². The van der Waals surface area contributed by atoms with E-state index in [0.717, 1.165) is 18.8 Å². The van der Waals surface area contributed by atoms with Crippen LogP contribution in [0.3, 0.4) is 0 Å². The zero-order valence-electron chi connectivity index (χ0n) is 7.26. The minimum atomic E-state index is 0.569. The third-order valence-electron chi connectivity index (χ3n) is 2.14. The molecule has 1 aliphatic rings. The first-order valence-corrected chi connectivity index (χ1v) is 5.50. The van der Waals surface area contributed by atoms with Gasteiger partial charge in [-0.2, -0.15) is 0 Å². The molecule has 70 valence electrons. The Kier molecular flexibility index (Phi) is 3.00. The first-order chi connectivity index (χ1) is 6.34. The minimum Gasteiger partial charge on any atom is -0.380 e. The standard InChI is InChI=1S/C9H12IN3/c10-7-3-9(6-12-4-7)13-8-1-2-11-5-8/h3-4,6,8,11,13H,1-2,5H2. The SMILES string of the molecule is Ic1cncc(NC2CCNC2)c1. The number of hydrogen-bond acceptors (Lipinski definition) is 3. The number of halogens is 1. The minimum absolute atomic E-state index is 0.569. The molecule has 1 saturated heterocycles. The van der Waals surface area contributed by atoms with Crippen LogP contribution >= 0.6 is 22.6 Å². The molecule has 1 aromatic heterocycles. The van der Waals surface area contributed by atoms with Crippen molar-refractivity contribution in [2.45, 2.75) is 12.5 Å². The van der Waals surface area contributed by atoms with E-state index in [1.807, 2.05) is 12.4 Å². The maximum Gasteiger partial charge on any atom is 0.0539 e. The van der Waals surface area contributed by atoms with E-state index in [4.69, 9.17) is 0 Å². The van der Waals surface area contributed by atoms with Crippen molar-refractivity contribution in [2.24, 2.45) is 0 Å². The van der Waals surface area contributed by atoms with E-state index in [9.17, 15) is 0 Å². The molecule has 2 heterocycles. The molecule has 0 aliphatic carbocycles. The van der Waals surface area contributed by atoms with E-state index in [0.29, 0.717) is 6.04 Å². The Morgan fingerprint density at radius 3 is 3.15 bits per heavy atom. The highest BCUT2D eigenvalue weighted by molar-refractivity contribution is 14.1. The molecule has 4 heteroatoms. The van der Waals surface area contributed by atoms with E-state index < -0.39 is 0 Å². The van der Waals surface area contributed by atoms with Crippen LogP contribution in [-0.2, 0) is 0 Å². The second kappa shape index (κ2) is 4.23. The summed E-state index contributed by atoms with van der Waals surface area (Å²) in [7, 11) is 0. The van der Waals surface area contributed by atoms with Gasteiger partial charge in [0.05, 0.1) is 11.9 Å². The van der Waals surface area contributed by atoms with Crippen LogP contribution in [0.1, 0.15) is 6.42 Å². The maximum absolute atomic E-state index is 4.14. The summed E-state index contributed by atoms with van der Waals surface area (Å²) in [4.78, 5) is 4.14. The lowest BCUT2D eigenvalue weighted by atomic mass is 10.2. The van der Waals surface area contributed by atoms with Crippen molar-refractivity contribution in [1.29, 1.82) is 0 Å². The predicted molar refractivity (Wildman–Crippen MR) is 61.9 cm³/mol. The smallest absolute Gasteiger partial charge is 0.0539 e. The Bertz CT molecular complexity index is 284. The maximum atomic E-state index is 4.14. The van der Waals surface area contributed by atoms with Crippen LogP contribution in [-0.4, -0.2) is 24.1 Å². The highest BCUT2D eigenvalue weighted by atomic mass is 127. The molecule has 3 nitrogen and oxygen atoms in total. The van der Waals surface area contributed by atoms with Crippen molar-refractivity contribution < 1.29 is 0 Å². The molecule has 0 spiro atoms. The number of rotatable bonds is 2. The third-order valence-corrected chi connectivity index (χ3v) is 2.73. The zero-order valence-corrected chi connectivity index (χ0v) is 9.41. The summed E-state index contributed by atoms with van der Waals surface area (Å²) in [5.74, 6) is 0. The number of nitrogens with zero attached hydrogens (tertiary/aromatic N) is 1. The van der Waals surface area contributed by atoms with E-state index >= 15 is 0 Å². The molecule has 0 saturated carbocycles. The van der Waals surface area contributed by atoms with Crippen LogP contribution in [0, 0.1) is 3.57 Å². The summed E-state index contributed by atoms with van der Waals surface area (Å²) in [6, 6.07) is 2.69. The average molecular weight is 289 g/mol. The molecule has 1 aromatic rings. The Hall–Kier alpha value is -0.360. The van der Waals surface area contributed by atoms with Crippen LogP contribution < -0.4 is 10.6 Å². The molecule has 2 N–H and O–H groups in total. The Labute approximate surface area is 91.5 Å². The molecular formula is C9H12IN3. The molecule has 0 aromatic carbocycles. The summed E-state index contributed by atoms with van der Waals surface area (Å²) >= 11 is 2.27. The molecule has 0 bridgehead atoms. The Balaban J connectivity index is 2.00. The molecule has 13 heavy (non-hydrogen) atoms. The number of anilines is 1. The van der Waals surface area contributed by atoms with Gasteiger partial charge in [0, 0.05) is 22.4 Å². The highest BCUT2D eigenvalue weighted by Crippen LogP contribution is 2.13. The van der Waals surface area contributed by atoms with Crippen LogP contribution in [0.15, 0.2) is 18.5 Å². The van der Waals surface area contributed by atoms with Crippen LogP contribution in [0.2, 0.25) is 0 Å². The topological polar surface area (TPSA) is 37.0 Å². The van der Waals surface area contributed by atoms with Crippen molar-refractivity contribution in [1.82, 2.24) is 10.3 Å². The van der Waals surface area contributed by atoms with E-state index in [-0.39, 0.29) is 0 Å². The Morgan fingerprint density at radius 1 is 1.54 bits per heavy atom. The molecular weight excluding hydrogens is 277 g/mol. The fraction of sp³-hybridized carbons (Fsp3) is 0.444. The molecule has 1 atom stereocenters. The quantitative estimate of drug-likeness (QED) is 0.809. The second-order valence-corrected chi connectivity index (χ2v) is 4.47. The van der Waals surface area contributed by atoms with Gasteiger partial charge in [-0.15, -0.1) is 0 Å². The monoisotopic (exact) mass is 289 g/mol. The summed E-state index contributed by atoms with van der Waals surface area (Å²) in [6.45, 7) is 2.18. The van der Waals surface area contributed by atoms with Gasteiger partial charge in [-0.05, 0) is 41.6 Å². The van der Waals surface area contributed by atoms with E-state index in [1.165, 1.54) is 9.99 Å². The molecule has 1 aliphatic heterocycles. The number of nitrogens with one attached hydrogen (secondary N) is 2. The fourth-order valence-corrected chi connectivity index (χ4v) is 2.00. The van der Waals surface area contributed by atoms with Gasteiger partial charge < -0.3 is 10.6 Å². The lowest BCUT2D eigenvalue weighted by Gasteiger charge is -2.12. The molecule has 0 radical (unpaired) electrons. The molecule has 1 fully saturated rings. The third kappa shape index (κ3) is 2.54. The van der Waals surface area contributed by atoms with Crippen molar-refractivity contribution in [3.05, 3.63) is 22.0 Å². The first-order valence-electron chi connectivity index (χ1n) is 4.42. The van der Waals surface area contributed by atoms with Gasteiger partial charge in [0.25, 0.3) is 0 Å². The first kappa shape index (κ1) is 9.21. The van der Waals surface area contributed by atoms with Crippen LogP contribution in [0.4, 0.5) is 5.69 Å². The van der Waals surface area contributed by atoms with Gasteiger partial charge in [-0.25, -0.2) is 0 Å². The summed E-state index contributed by atoms with van der Waals surface area (Å²) < 4.78 is 1.17. The lowest BCUT2D eigenvalue weighted by Crippen LogP contribution is -2.22. The predicted octanol–water partition coefficient (Wildman–Crippen LogP) is 1.46. The van der Waals surface area contributed by atoms with E-state index in [1.54, 1.807) is 0 Å². The van der Waals surface area contributed by atoms with Crippen molar-refractivity contribution in [3.8, 4) is 0 Å². The molecule has 1 unspecified atom stereocenters. The zero-order chi connectivity index (χ0) is 9.10. The highest BCUT2D eigenvalue weighted by Gasteiger charge is 2.13. The lowest BCUT2D eigenvalue weighted by molar-refractivity contribution is 0.792. The summed E-state index contributed by atoms with van der Waals surface area (Å²) in [6.07, 6.45) is 4.94. The van der Waals surface area contributed by atoms with Gasteiger partial charge in [0.1, 0.15) is 0 Å². The fourth-order valence-electron chi connectivity index (χ4n) is 1.50. The number of aromatic nitrogens is 1.